The van der Waals surface area contributed by atoms with E-state index in [1.165, 1.54) is 0 Å². The van der Waals surface area contributed by atoms with E-state index in [9.17, 15) is 9.90 Å². The van der Waals surface area contributed by atoms with E-state index < -0.39 is 5.97 Å². The van der Waals surface area contributed by atoms with Gasteiger partial charge in [-0.1, -0.05) is 11.6 Å². The first-order chi connectivity index (χ1) is 9.49. The Labute approximate surface area is 123 Å². The number of hydrogen-bond acceptors (Lipinski definition) is 3. The van der Waals surface area contributed by atoms with Crippen molar-refractivity contribution in [3.8, 4) is 0 Å². The summed E-state index contributed by atoms with van der Waals surface area (Å²) in [5, 5.41) is 17.8. The van der Waals surface area contributed by atoms with Crippen LogP contribution in [0.3, 0.4) is 0 Å². The number of halogens is 1. The van der Waals surface area contributed by atoms with Crippen LogP contribution in [-0.4, -0.2) is 26.9 Å². The molecule has 2 bridgehead atoms. The highest BCUT2D eigenvalue weighted by Crippen LogP contribution is 2.48. The minimum absolute atomic E-state index is 0.0712. The molecule has 1 aromatic heterocycles. The van der Waals surface area contributed by atoms with Crippen LogP contribution in [-0.2, 0) is 18.4 Å². The van der Waals surface area contributed by atoms with Gasteiger partial charge in [0.1, 0.15) is 5.15 Å². The van der Waals surface area contributed by atoms with Crippen molar-refractivity contribution in [2.75, 3.05) is 0 Å². The van der Waals surface area contributed by atoms with Gasteiger partial charge in [0.15, 0.2) is 0 Å². The summed E-state index contributed by atoms with van der Waals surface area (Å²) in [7, 11) is 1.82. The molecule has 2 fully saturated rings. The van der Waals surface area contributed by atoms with Gasteiger partial charge in [-0.15, -0.1) is 0 Å². The Balaban J connectivity index is 1.73. The number of carboxylic acid groups (broad SMARTS) is 1. The minimum atomic E-state index is -0.663. The van der Waals surface area contributed by atoms with Gasteiger partial charge in [-0.2, -0.15) is 5.10 Å². The number of hydrogen-bond donors (Lipinski definition) is 2. The number of rotatable bonds is 4. The van der Waals surface area contributed by atoms with Gasteiger partial charge < -0.3 is 10.4 Å². The van der Waals surface area contributed by atoms with Crippen LogP contribution in [0.1, 0.15) is 30.5 Å². The molecule has 2 aliphatic carbocycles. The van der Waals surface area contributed by atoms with Crippen molar-refractivity contribution >= 4 is 17.6 Å². The third-order valence-corrected chi connectivity index (χ3v) is 5.46. The summed E-state index contributed by atoms with van der Waals surface area (Å²) in [5.41, 5.74) is 1.88. The highest BCUT2D eigenvalue weighted by molar-refractivity contribution is 6.30. The molecule has 20 heavy (non-hydrogen) atoms. The average Bonchev–Trinajstić information content (AvgIpc) is 3.03. The summed E-state index contributed by atoms with van der Waals surface area (Å²) in [6.45, 7) is 2.52. The molecule has 0 aliphatic heterocycles. The molecule has 0 amide bonds. The van der Waals surface area contributed by atoms with Gasteiger partial charge in [-0.3, -0.25) is 9.48 Å². The van der Waals surface area contributed by atoms with E-state index in [4.69, 9.17) is 11.6 Å². The number of nitrogens with zero attached hydrogens (tertiary/aromatic N) is 2. The molecule has 110 valence electrons. The normalized spacial score (nSPS) is 31.9. The molecule has 1 aromatic rings. The molecule has 2 saturated carbocycles. The molecule has 0 saturated heterocycles. The Morgan fingerprint density at radius 1 is 1.50 bits per heavy atom. The van der Waals surface area contributed by atoms with E-state index >= 15 is 0 Å². The summed E-state index contributed by atoms with van der Waals surface area (Å²) in [5.74, 6) is -0.0643. The van der Waals surface area contributed by atoms with Crippen LogP contribution in [0.5, 0.6) is 0 Å². The predicted octanol–water partition coefficient (Wildman–Crippen LogP) is 1.97. The molecule has 0 aromatic carbocycles. The second-order valence-electron chi connectivity index (χ2n) is 6.08. The topological polar surface area (TPSA) is 67.2 Å². The van der Waals surface area contributed by atoms with E-state index in [2.05, 4.69) is 10.4 Å². The Bertz CT molecular complexity index is 543. The molecule has 0 radical (unpaired) electrons. The SMILES string of the molecule is Cc1nn(C)c(Cl)c1CNC1C2CCC(C2)C1C(=O)O. The smallest absolute Gasteiger partial charge is 0.308 e. The molecular weight excluding hydrogens is 278 g/mol. The van der Waals surface area contributed by atoms with Crippen molar-refractivity contribution in [1.82, 2.24) is 15.1 Å². The Hall–Kier alpha value is -1.07. The standard InChI is InChI=1S/C14H20ClN3O2/c1-7-10(13(15)18(2)17-7)6-16-12-9-4-3-8(5-9)11(12)14(19)20/h8-9,11-12,16H,3-6H2,1-2H3,(H,19,20). The van der Waals surface area contributed by atoms with Gasteiger partial charge in [-0.05, 0) is 38.0 Å². The molecule has 2 N–H and O–H groups in total. The zero-order valence-electron chi connectivity index (χ0n) is 11.8. The monoisotopic (exact) mass is 297 g/mol. The maximum Gasteiger partial charge on any atom is 0.308 e. The molecule has 4 atom stereocenters. The van der Waals surface area contributed by atoms with Crippen molar-refractivity contribution in [2.45, 2.75) is 38.8 Å². The van der Waals surface area contributed by atoms with Crippen molar-refractivity contribution in [3.05, 3.63) is 16.4 Å². The van der Waals surface area contributed by atoms with Crippen LogP contribution in [0.15, 0.2) is 0 Å². The number of aliphatic carboxylic acids is 1. The van der Waals surface area contributed by atoms with E-state index in [-0.39, 0.29) is 12.0 Å². The molecule has 6 heteroatoms. The minimum Gasteiger partial charge on any atom is -0.481 e. The molecule has 0 spiro atoms. The molecular formula is C14H20ClN3O2. The van der Waals surface area contributed by atoms with Crippen LogP contribution >= 0.6 is 11.6 Å². The van der Waals surface area contributed by atoms with E-state index in [1.807, 2.05) is 14.0 Å². The zero-order chi connectivity index (χ0) is 14.4. The van der Waals surface area contributed by atoms with Crippen molar-refractivity contribution in [3.63, 3.8) is 0 Å². The molecule has 5 nitrogen and oxygen atoms in total. The lowest BCUT2D eigenvalue weighted by Crippen LogP contribution is -2.43. The maximum atomic E-state index is 11.5. The fourth-order valence-corrected chi connectivity index (χ4v) is 4.28. The first-order valence-electron chi connectivity index (χ1n) is 7.13. The number of nitrogens with one attached hydrogen (secondary N) is 1. The summed E-state index contributed by atoms with van der Waals surface area (Å²) in [4.78, 5) is 11.5. The Morgan fingerprint density at radius 3 is 2.80 bits per heavy atom. The second kappa shape index (κ2) is 5.04. The van der Waals surface area contributed by atoms with E-state index in [1.54, 1.807) is 4.68 Å². The van der Waals surface area contributed by atoms with Crippen molar-refractivity contribution < 1.29 is 9.90 Å². The van der Waals surface area contributed by atoms with E-state index in [0.29, 0.717) is 23.5 Å². The number of carboxylic acids is 1. The molecule has 4 unspecified atom stereocenters. The number of carbonyl (C=O) groups is 1. The highest BCUT2D eigenvalue weighted by atomic mass is 35.5. The maximum absolute atomic E-state index is 11.5. The molecule has 3 rings (SSSR count). The Kier molecular flexibility index (Phi) is 3.50. The summed E-state index contributed by atoms with van der Waals surface area (Å²) >= 11 is 6.22. The zero-order valence-corrected chi connectivity index (χ0v) is 12.5. The molecule has 1 heterocycles. The third kappa shape index (κ3) is 2.13. The van der Waals surface area contributed by atoms with Gasteiger partial charge in [0.2, 0.25) is 0 Å². The first kappa shape index (κ1) is 13.9. The fraction of sp³-hybridized carbons (Fsp3) is 0.714. The lowest BCUT2D eigenvalue weighted by atomic mass is 9.84. The van der Waals surface area contributed by atoms with Crippen molar-refractivity contribution in [1.29, 1.82) is 0 Å². The molecule has 2 aliphatic rings. The van der Waals surface area contributed by atoms with Gasteiger partial charge in [0.05, 0.1) is 11.6 Å². The lowest BCUT2D eigenvalue weighted by molar-refractivity contribution is -0.144. The Morgan fingerprint density at radius 2 is 2.20 bits per heavy atom. The van der Waals surface area contributed by atoms with Crippen LogP contribution in [0.25, 0.3) is 0 Å². The first-order valence-corrected chi connectivity index (χ1v) is 7.51. The largest absolute Gasteiger partial charge is 0.481 e. The highest BCUT2D eigenvalue weighted by Gasteiger charge is 2.50. The van der Waals surface area contributed by atoms with Gasteiger partial charge in [0.25, 0.3) is 0 Å². The van der Waals surface area contributed by atoms with Crippen LogP contribution in [0.4, 0.5) is 0 Å². The summed E-state index contributed by atoms with van der Waals surface area (Å²) < 4.78 is 1.66. The summed E-state index contributed by atoms with van der Waals surface area (Å²) in [6.07, 6.45) is 3.26. The van der Waals surface area contributed by atoms with Crippen LogP contribution in [0, 0.1) is 24.7 Å². The summed E-state index contributed by atoms with van der Waals surface area (Å²) in [6, 6.07) is 0.0712. The second-order valence-corrected chi connectivity index (χ2v) is 6.44. The van der Waals surface area contributed by atoms with Gasteiger partial charge >= 0.3 is 5.97 Å². The number of fused-ring (bicyclic) bond motifs is 2. The lowest BCUT2D eigenvalue weighted by Gasteiger charge is -2.29. The van der Waals surface area contributed by atoms with Gasteiger partial charge in [0, 0.05) is 25.2 Å². The average molecular weight is 298 g/mol. The van der Waals surface area contributed by atoms with Crippen LogP contribution < -0.4 is 5.32 Å². The quantitative estimate of drug-likeness (QED) is 0.892. The number of aromatic nitrogens is 2. The van der Waals surface area contributed by atoms with E-state index in [0.717, 1.165) is 30.5 Å². The third-order valence-electron chi connectivity index (χ3n) is 4.99. The van der Waals surface area contributed by atoms with Crippen LogP contribution in [0.2, 0.25) is 5.15 Å². The number of aryl methyl sites for hydroxylation is 2. The predicted molar refractivity (Wildman–Crippen MR) is 75.5 cm³/mol. The van der Waals surface area contributed by atoms with Gasteiger partial charge in [-0.25, -0.2) is 0 Å². The van der Waals surface area contributed by atoms with Crippen molar-refractivity contribution in [2.24, 2.45) is 24.8 Å². The fourth-order valence-electron chi connectivity index (χ4n) is 4.03.